The standard InChI is InChI=1S/C25H28N4O2S/c30-24-19-9-3-4-10-20(19)25(31)29(24)16-18-8-2-1-7-17(18)15-26-13-14-27-23-21-11-5-6-12-22(21)32-28-23/h3-6,9-12,17-18,26H,1-2,7-8,13-16H2,(H,27,28)/t17-,18-/m0/s1. The normalized spacial score (nSPS) is 20.7. The van der Waals surface area contributed by atoms with E-state index in [-0.39, 0.29) is 11.8 Å². The number of nitrogens with zero attached hydrogens (tertiary/aromatic N) is 2. The monoisotopic (exact) mass is 448 g/mol. The molecule has 5 rings (SSSR count). The molecule has 0 bridgehead atoms. The van der Waals surface area contributed by atoms with Crippen molar-refractivity contribution >= 4 is 39.3 Å². The molecule has 32 heavy (non-hydrogen) atoms. The second-order valence-electron chi connectivity index (χ2n) is 8.73. The summed E-state index contributed by atoms with van der Waals surface area (Å²) in [4.78, 5) is 27.0. The van der Waals surface area contributed by atoms with Gasteiger partial charge < -0.3 is 10.6 Å². The Balaban J connectivity index is 1.13. The lowest BCUT2D eigenvalue weighted by atomic mass is 9.79. The van der Waals surface area contributed by atoms with Crippen LogP contribution in [0.2, 0.25) is 0 Å². The Labute approximate surface area is 192 Å². The highest BCUT2D eigenvalue weighted by Gasteiger charge is 2.38. The van der Waals surface area contributed by atoms with E-state index in [0.29, 0.717) is 29.5 Å². The highest BCUT2D eigenvalue weighted by Crippen LogP contribution is 2.33. The van der Waals surface area contributed by atoms with Gasteiger partial charge in [-0.2, -0.15) is 4.37 Å². The van der Waals surface area contributed by atoms with E-state index in [4.69, 9.17) is 0 Å². The first kappa shape index (κ1) is 21.1. The van der Waals surface area contributed by atoms with Crippen LogP contribution in [0.1, 0.15) is 46.4 Å². The summed E-state index contributed by atoms with van der Waals surface area (Å²) in [5.74, 6) is 1.51. The van der Waals surface area contributed by atoms with E-state index in [2.05, 4.69) is 27.1 Å². The van der Waals surface area contributed by atoms with Gasteiger partial charge >= 0.3 is 0 Å². The SMILES string of the molecule is O=C1c2ccccc2C(=O)N1C[C@@H]1CCCC[C@H]1CNCCNc1nsc2ccccc12. The molecule has 2 atom stereocenters. The van der Waals surface area contributed by atoms with Gasteiger partial charge in [-0.05, 0) is 67.0 Å². The Kier molecular flexibility index (Phi) is 6.19. The molecule has 1 fully saturated rings. The van der Waals surface area contributed by atoms with Crippen LogP contribution >= 0.6 is 11.5 Å². The molecule has 2 N–H and O–H groups in total. The molecule has 1 aliphatic heterocycles. The molecular weight excluding hydrogens is 420 g/mol. The molecule has 3 aromatic rings. The van der Waals surface area contributed by atoms with Gasteiger partial charge in [0.05, 0.1) is 15.8 Å². The third-order valence-electron chi connectivity index (χ3n) is 6.74. The molecule has 0 unspecified atom stereocenters. The molecule has 2 amide bonds. The van der Waals surface area contributed by atoms with E-state index in [1.807, 2.05) is 24.3 Å². The van der Waals surface area contributed by atoms with E-state index >= 15 is 0 Å². The Morgan fingerprint density at radius 2 is 1.59 bits per heavy atom. The van der Waals surface area contributed by atoms with Gasteiger partial charge in [0.25, 0.3) is 11.8 Å². The average molecular weight is 449 g/mol. The van der Waals surface area contributed by atoms with Crippen LogP contribution < -0.4 is 10.6 Å². The van der Waals surface area contributed by atoms with Crippen LogP contribution in [0.25, 0.3) is 10.1 Å². The highest BCUT2D eigenvalue weighted by atomic mass is 32.1. The number of carbonyl (C=O) groups excluding carboxylic acids is 2. The number of benzene rings is 2. The van der Waals surface area contributed by atoms with Crippen LogP contribution in [0.15, 0.2) is 48.5 Å². The Bertz CT molecular complexity index is 1090. The van der Waals surface area contributed by atoms with Gasteiger partial charge in [-0.3, -0.25) is 14.5 Å². The lowest BCUT2D eigenvalue weighted by molar-refractivity contribution is 0.0587. The van der Waals surface area contributed by atoms with Gasteiger partial charge in [-0.25, -0.2) is 0 Å². The maximum absolute atomic E-state index is 12.8. The first-order valence-electron chi connectivity index (χ1n) is 11.5. The fourth-order valence-corrected chi connectivity index (χ4v) is 5.76. The topological polar surface area (TPSA) is 74.3 Å². The summed E-state index contributed by atoms with van der Waals surface area (Å²) in [5, 5.41) is 8.19. The molecule has 1 saturated carbocycles. The van der Waals surface area contributed by atoms with E-state index in [1.54, 1.807) is 12.1 Å². The zero-order valence-corrected chi connectivity index (χ0v) is 18.9. The molecule has 0 radical (unpaired) electrons. The number of aromatic nitrogens is 1. The molecule has 0 saturated heterocycles. The van der Waals surface area contributed by atoms with E-state index in [9.17, 15) is 9.59 Å². The van der Waals surface area contributed by atoms with E-state index in [0.717, 1.165) is 38.3 Å². The fraction of sp³-hybridized carbons (Fsp3) is 0.400. The van der Waals surface area contributed by atoms with Crippen molar-refractivity contribution < 1.29 is 9.59 Å². The van der Waals surface area contributed by atoms with Crippen molar-refractivity contribution in [3.8, 4) is 0 Å². The van der Waals surface area contributed by atoms with Gasteiger partial charge in [0.1, 0.15) is 5.82 Å². The summed E-state index contributed by atoms with van der Waals surface area (Å²) in [5.41, 5.74) is 1.09. The molecule has 0 spiro atoms. The van der Waals surface area contributed by atoms with E-state index < -0.39 is 0 Å². The smallest absolute Gasteiger partial charge is 0.261 e. The number of amides is 2. The van der Waals surface area contributed by atoms with Gasteiger partial charge in [0.15, 0.2) is 0 Å². The third kappa shape index (κ3) is 4.14. The molecule has 6 nitrogen and oxygen atoms in total. The summed E-state index contributed by atoms with van der Waals surface area (Å²) in [6.07, 6.45) is 4.60. The van der Waals surface area contributed by atoms with E-state index in [1.165, 1.54) is 39.4 Å². The second-order valence-corrected chi connectivity index (χ2v) is 9.53. The minimum Gasteiger partial charge on any atom is -0.367 e. The molecule has 1 aliphatic carbocycles. The zero-order chi connectivity index (χ0) is 21.9. The van der Waals surface area contributed by atoms with Crippen molar-refractivity contribution in [3.05, 3.63) is 59.7 Å². The molecule has 166 valence electrons. The number of anilines is 1. The number of nitrogens with one attached hydrogen (secondary N) is 2. The molecule has 2 heterocycles. The van der Waals surface area contributed by atoms with Crippen LogP contribution in [0.4, 0.5) is 5.82 Å². The van der Waals surface area contributed by atoms with Crippen molar-refractivity contribution in [2.75, 3.05) is 31.5 Å². The minimum atomic E-state index is -0.137. The Morgan fingerprint density at radius 1 is 0.906 bits per heavy atom. The number of carbonyl (C=O) groups is 2. The van der Waals surface area contributed by atoms with Crippen LogP contribution in [-0.2, 0) is 0 Å². The summed E-state index contributed by atoms with van der Waals surface area (Å²) in [6, 6.07) is 15.4. The van der Waals surface area contributed by atoms with Gasteiger partial charge in [-0.15, -0.1) is 0 Å². The first-order valence-corrected chi connectivity index (χ1v) is 12.2. The molecule has 2 aromatic carbocycles. The van der Waals surface area contributed by atoms with Gasteiger partial charge in [0.2, 0.25) is 0 Å². The Morgan fingerprint density at radius 3 is 2.38 bits per heavy atom. The Hall–Kier alpha value is -2.77. The maximum Gasteiger partial charge on any atom is 0.261 e. The number of hydrogen-bond acceptors (Lipinski definition) is 6. The van der Waals surface area contributed by atoms with Crippen molar-refractivity contribution in [1.29, 1.82) is 0 Å². The summed E-state index contributed by atoms with van der Waals surface area (Å²) in [6.45, 7) is 3.10. The largest absolute Gasteiger partial charge is 0.367 e. The lowest BCUT2D eigenvalue weighted by Crippen LogP contribution is -2.41. The maximum atomic E-state index is 12.8. The lowest BCUT2D eigenvalue weighted by Gasteiger charge is -2.34. The minimum absolute atomic E-state index is 0.137. The first-order chi connectivity index (χ1) is 15.7. The van der Waals surface area contributed by atoms with Crippen LogP contribution in [0.3, 0.4) is 0 Å². The summed E-state index contributed by atoms with van der Waals surface area (Å²) < 4.78 is 5.71. The highest BCUT2D eigenvalue weighted by molar-refractivity contribution is 7.13. The third-order valence-corrected chi connectivity index (χ3v) is 7.57. The number of rotatable bonds is 8. The molecule has 1 aromatic heterocycles. The molecular formula is C25H28N4O2S. The van der Waals surface area contributed by atoms with Crippen LogP contribution in [-0.4, -0.2) is 47.3 Å². The summed E-state index contributed by atoms with van der Waals surface area (Å²) in [7, 11) is 0. The van der Waals surface area contributed by atoms with Crippen molar-refractivity contribution in [2.45, 2.75) is 25.7 Å². The van der Waals surface area contributed by atoms with Crippen LogP contribution in [0.5, 0.6) is 0 Å². The predicted molar refractivity (Wildman–Crippen MR) is 128 cm³/mol. The molecule has 2 aliphatic rings. The van der Waals surface area contributed by atoms with Crippen molar-refractivity contribution in [3.63, 3.8) is 0 Å². The van der Waals surface area contributed by atoms with Crippen molar-refractivity contribution in [1.82, 2.24) is 14.6 Å². The molecule has 7 heteroatoms. The fourth-order valence-electron chi connectivity index (χ4n) is 5.00. The zero-order valence-electron chi connectivity index (χ0n) is 18.0. The second kappa shape index (κ2) is 9.38. The predicted octanol–water partition coefficient (Wildman–Crippen LogP) is 4.40. The quantitative estimate of drug-likeness (QED) is 0.395. The average Bonchev–Trinajstić information content (AvgIpc) is 3.35. The number of hydrogen-bond donors (Lipinski definition) is 2. The van der Waals surface area contributed by atoms with Gasteiger partial charge in [0, 0.05) is 25.0 Å². The van der Waals surface area contributed by atoms with Crippen molar-refractivity contribution in [2.24, 2.45) is 11.8 Å². The van der Waals surface area contributed by atoms with Gasteiger partial charge in [-0.1, -0.05) is 37.1 Å². The number of fused-ring (bicyclic) bond motifs is 2. The summed E-state index contributed by atoms with van der Waals surface area (Å²) >= 11 is 1.52. The van der Waals surface area contributed by atoms with Crippen LogP contribution in [0, 0.1) is 11.8 Å². The number of imide groups is 1.